The molecule has 114 valence electrons. The van der Waals surface area contributed by atoms with E-state index in [1.54, 1.807) is 18.4 Å². The molecule has 0 aliphatic carbocycles. The van der Waals surface area contributed by atoms with E-state index < -0.39 is 0 Å². The van der Waals surface area contributed by atoms with Gasteiger partial charge in [0, 0.05) is 27.5 Å². The molecule has 5 nitrogen and oxygen atoms in total. The molecule has 0 unspecified atom stereocenters. The van der Waals surface area contributed by atoms with Crippen LogP contribution in [-0.2, 0) is 14.3 Å². The zero-order chi connectivity index (χ0) is 15.4. The van der Waals surface area contributed by atoms with E-state index in [1.807, 2.05) is 18.4 Å². The van der Waals surface area contributed by atoms with Gasteiger partial charge in [-0.15, -0.1) is 11.3 Å². The maximum absolute atomic E-state index is 12.3. The molecule has 1 aromatic rings. The van der Waals surface area contributed by atoms with Crippen LogP contribution in [-0.4, -0.2) is 31.4 Å². The summed E-state index contributed by atoms with van der Waals surface area (Å²) >= 11 is 10.1. The standard InChI is InChI=1S/C13H15BrN2O3S2/c1-7-10(12(17)19-4-3-18-2)11(16-13(20)15-7)9-5-8(14)6-21-9/h5-6,11H,3-4H2,1-2H3,(H2,15,16,20)/t11-/m0/s1. The summed E-state index contributed by atoms with van der Waals surface area (Å²) in [7, 11) is 1.56. The Balaban J connectivity index is 2.26. The number of esters is 1. The van der Waals surface area contributed by atoms with Crippen molar-refractivity contribution in [3.63, 3.8) is 0 Å². The van der Waals surface area contributed by atoms with Crippen LogP contribution in [0.5, 0.6) is 0 Å². The first-order chi connectivity index (χ1) is 10.0. The maximum atomic E-state index is 12.3. The predicted molar refractivity (Wildman–Crippen MR) is 89.2 cm³/mol. The SMILES string of the molecule is COCCOC(=O)C1=C(C)NC(=S)N[C@H]1c1cc(Br)cs1. The number of carbonyl (C=O) groups excluding carboxylic acids is 1. The van der Waals surface area contributed by atoms with Crippen molar-refractivity contribution in [2.75, 3.05) is 20.3 Å². The largest absolute Gasteiger partial charge is 0.460 e. The third-order valence-electron chi connectivity index (χ3n) is 2.88. The van der Waals surface area contributed by atoms with Gasteiger partial charge in [-0.3, -0.25) is 0 Å². The van der Waals surface area contributed by atoms with Crippen molar-refractivity contribution in [3.8, 4) is 0 Å². The third-order valence-corrected chi connectivity index (χ3v) is 4.86. The molecule has 21 heavy (non-hydrogen) atoms. The highest BCUT2D eigenvalue weighted by Crippen LogP contribution is 2.33. The minimum atomic E-state index is -0.374. The summed E-state index contributed by atoms with van der Waals surface area (Å²) in [6, 6.07) is 1.66. The molecule has 2 rings (SSSR count). The van der Waals surface area contributed by atoms with Crippen LogP contribution in [0.1, 0.15) is 17.8 Å². The number of methoxy groups -OCH3 is 1. The molecule has 0 spiro atoms. The van der Waals surface area contributed by atoms with E-state index in [4.69, 9.17) is 21.7 Å². The van der Waals surface area contributed by atoms with Crippen LogP contribution < -0.4 is 10.6 Å². The number of nitrogens with one attached hydrogen (secondary N) is 2. The van der Waals surface area contributed by atoms with Gasteiger partial charge >= 0.3 is 5.97 Å². The zero-order valence-electron chi connectivity index (χ0n) is 11.6. The fraction of sp³-hybridized carbons (Fsp3) is 0.385. The first-order valence-electron chi connectivity index (χ1n) is 6.21. The Morgan fingerprint density at radius 3 is 2.90 bits per heavy atom. The molecule has 2 heterocycles. The molecule has 0 radical (unpaired) electrons. The highest BCUT2D eigenvalue weighted by atomic mass is 79.9. The molecule has 0 aromatic carbocycles. The normalized spacial score (nSPS) is 18.2. The van der Waals surface area contributed by atoms with Gasteiger partial charge in [0.2, 0.25) is 0 Å². The number of carbonyl (C=O) groups is 1. The van der Waals surface area contributed by atoms with Gasteiger partial charge in [-0.2, -0.15) is 0 Å². The second-order valence-electron chi connectivity index (χ2n) is 4.37. The number of ether oxygens (including phenoxy) is 2. The number of allylic oxidation sites excluding steroid dienone is 1. The number of hydrogen-bond acceptors (Lipinski definition) is 5. The van der Waals surface area contributed by atoms with Crippen molar-refractivity contribution in [2.24, 2.45) is 0 Å². The van der Waals surface area contributed by atoms with E-state index in [1.165, 1.54) is 0 Å². The van der Waals surface area contributed by atoms with Gasteiger partial charge in [-0.05, 0) is 41.1 Å². The Labute approximate surface area is 140 Å². The maximum Gasteiger partial charge on any atom is 0.338 e. The van der Waals surface area contributed by atoms with Gasteiger partial charge in [-0.1, -0.05) is 0 Å². The Morgan fingerprint density at radius 2 is 2.29 bits per heavy atom. The lowest BCUT2D eigenvalue weighted by Gasteiger charge is -2.28. The first kappa shape index (κ1) is 16.4. The van der Waals surface area contributed by atoms with Crippen molar-refractivity contribution in [1.82, 2.24) is 10.6 Å². The lowest BCUT2D eigenvalue weighted by atomic mass is 10.0. The van der Waals surface area contributed by atoms with Crippen LogP contribution in [0.3, 0.4) is 0 Å². The smallest absolute Gasteiger partial charge is 0.338 e. The number of thiocarbonyl (C=S) groups is 1. The van der Waals surface area contributed by atoms with E-state index in [-0.39, 0.29) is 18.6 Å². The van der Waals surface area contributed by atoms with Crippen molar-refractivity contribution in [3.05, 3.63) is 32.1 Å². The van der Waals surface area contributed by atoms with Gasteiger partial charge in [-0.25, -0.2) is 4.79 Å². The minimum Gasteiger partial charge on any atom is -0.460 e. The van der Waals surface area contributed by atoms with Gasteiger partial charge in [0.15, 0.2) is 5.11 Å². The summed E-state index contributed by atoms with van der Waals surface area (Å²) < 4.78 is 11.1. The van der Waals surface area contributed by atoms with Crippen LogP contribution in [0.4, 0.5) is 0 Å². The van der Waals surface area contributed by atoms with E-state index in [0.717, 1.165) is 9.35 Å². The third kappa shape index (κ3) is 4.03. The highest BCUT2D eigenvalue weighted by Gasteiger charge is 2.31. The average molecular weight is 391 g/mol. The van der Waals surface area contributed by atoms with Crippen LogP contribution in [0.2, 0.25) is 0 Å². The number of thiophene rings is 1. The van der Waals surface area contributed by atoms with Crippen LogP contribution in [0, 0.1) is 0 Å². The monoisotopic (exact) mass is 390 g/mol. The van der Waals surface area contributed by atoms with Crippen molar-refractivity contribution in [2.45, 2.75) is 13.0 Å². The molecular formula is C13H15BrN2O3S2. The Kier molecular flexibility index (Phi) is 5.74. The van der Waals surface area contributed by atoms with Crippen molar-refractivity contribution in [1.29, 1.82) is 0 Å². The molecule has 1 atom stereocenters. The Bertz CT molecular complexity index is 586. The van der Waals surface area contributed by atoms with Crippen molar-refractivity contribution >= 4 is 50.6 Å². The molecule has 8 heteroatoms. The van der Waals surface area contributed by atoms with E-state index in [2.05, 4.69) is 26.6 Å². The van der Waals surface area contributed by atoms with Gasteiger partial charge in [0.05, 0.1) is 18.2 Å². The second kappa shape index (κ2) is 7.35. The van der Waals surface area contributed by atoms with Crippen LogP contribution >= 0.6 is 39.5 Å². The molecule has 0 amide bonds. The molecule has 2 N–H and O–H groups in total. The molecular weight excluding hydrogens is 376 g/mol. The second-order valence-corrected chi connectivity index (χ2v) is 6.63. The summed E-state index contributed by atoms with van der Waals surface area (Å²) in [5, 5.41) is 8.55. The van der Waals surface area contributed by atoms with Crippen LogP contribution in [0.15, 0.2) is 27.2 Å². The molecule has 0 saturated carbocycles. The van der Waals surface area contributed by atoms with Gasteiger partial charge in [0.1, 0.15) is 6.61 Å². The van der Waals surface area contributed by atoms with Gasteiger partial charge in [0.25, 0.3) is 0 Å². The van der Waals surface area contributed by atoms with Crippen LogP contribution in [0.25, 0.3) is 0 Å². The van der Waals surface area contributed by atoms with E-state index in [9.17, 15) is 4.79 Å². The summed E-state index contributed by atoms with van der Waals surface area (Å²) in [6.07, 6.45) is 0. The highest BCUT2D eigenvalue weighted by molar-refractivity contribution is 9.10. The number of halogens is 1. The van der Waals surface area contributed by atoms with E-state index in [0.29, 0.717) is 23.0 Å². The predicted octanol–water partition coefficient (Wildman–Crippen LogP) is 2.49. The fourth-order valence-electron chi connectivity index (χ4n) is 1.95. The topological polar surface area (TPSA) is 59.6 Å². The number of rotatable bonds is 5. The minimum absolute atomic E-state index is 0.220. The van der Waals surface area contributed by atoms with E-state index >= 15 is 0 Å². The summed E-state index contributed by atoms with van der Waals surface area (Å²) in [5.41, 5.74) is 1.24. The molecule has 1 aliphatic heterocycles. The lowest BCUT2D eigenvalue weighted by Crippen LogP contribution is -2.45. The number of hydrogen-bond donors (Lipinski definition) is 2. The molecule has 1 aliphatic rings. The quantitative estimate of drug-likeness (QED) is 0.457. The molecule has 0 saturated heterocycles. The summed E-state index contributed by atoms with van der Waals surface area (Å²) in [5.74, 6) is -0.374. The first-order valence-corrected chi connectivity index (χ1v) is 8.29. The Morgan fingerprint density at radius 1 is 1.52 bits per heavy atom. The zero-order valence-corrected chi connectivity index (χ0v) is 14.8. The lowest BCUT2D eigenvalue weighted by molar-refractivity contribution is -0.140. The summed E-state index contributed by atoms with van der Waals surface area (Å²) in [6.45, 7) is 2.40. The molecule has 0 fully saturated rings. The van der Waals surface area contributed by atoms with Gasteiger partial charge < -0.3 is 20.1 Å². The van der Waals surface area contributed by atoms with Crippen molar-refractivity contribution < 1.29 is 14.3 Å². The molecule has 1 aromatic heterocycles. The fourth-order valence-corrected chi connectivity index (χ4v) is 3.73. The molecule has 0 bridgehead atoms. The summed E-state index contributed by atoms with van der Waals surface area (Å²) in [4.78, 5) is 13.3. The average Bonchev–Trinajstić information content (AvgIpc) is 2.84. The Hall–Kier alpha value is -0.960.